The Labute approximate surface area is 122 Å². The predicted molar refractivity (Wildman–Crippen MR) is 79.5 cm³/mol. The Bertz CT molecular complexity index is 598. The van der Waals surface area contributed by atoms with Crippen LogP contribution in [0.5, 0.6) is 5.75 Å². The number of aromatic amines is 1. The van der Waals surface area contributed by atoms with Gasteiger partial charge < -0.3 is 15.0 Å². The van der Waals surface area contributed by atoms with Gasteiger partial charge in [0.1, 0.15) is 11.6 Å². The molecule has 7 nitrogen and oxygen atoms in total. The Morgan fingerprint density at radius 1 is 1.48 bits per heavy atom. The van der Waals surface area contributed by atoms with Gasteiger partial charge in [0.05, 0.1) is 23.6 Å². The zero-order valence-corrected chi connectivity index (χ0v) is 12.0. The fourth-order valence-electron chi connectivity index (χ4n) is 1.91. The minimum atomic E-state index is -0.429. The van der Waals surface area contributed by atoms with E-state index in [9.17, 15) is 10.1 Å². The zero-order chi connectivity index (χ0) is 15.2. The number of imidazole rings is 1. The highest BCUT2D eigenvalue weighted by molar-refractivity contribution is 5.57. The first kappa shape index (κ1) is 14.8. The molecule has 0 aliphatic heterocycles. The van der Waals surface area contributed by atoms with Gasteiger partial charge in [0, 0.05) is 30.2 Å². The molecular formula is C14H18N4O3. The lowest BCUT2D eigenvalue weighted by Gasteiger charge is -2.14. The Hall–Kier alpha value is -2.57. The van der Waals surface area contributed by atoms with Gasteiger partial charge in [-0.2, -0.15) is 0 Å². The van der Waals surface area contributed by atoms with Crippen LogP contribution in [0.1, 0.15) is 32.1 Å². The Morgan fingerprint density at radius 2 is 2.29 bits per heavy atom. The van der Waals surface area contributed by atoms with E-state index in [1.54, 1.807) is 18.5 Å². The van der Waals surface area contributed by atoms with Gasteiger partial charge in [-0.15, -0.1) is 0 Å². The first-order chi connectivity index (χ1) is 10.1. The molecule has 0 aliphatic rings. The molecule has 1 unspecified atom stereocenters. The maximum atomic E-state index is 11.0. The van der Waals surface area contributed by atoms with E-state index in [0.717, 1.165) is 12.2 Å². The van der Waals surface area contributed by atoms with Crippen LogP contribution >= 0.6 is 0 Å². The number of aromatic nitrogens is 2. The van der Waals surface area contributed by atoms with E-state index in [2.05, 4.69) is 15.3 Å². The van der Waals surface area contributed by atoms with Crippen LogP contribution in [0, 0.1) is 10.1 Å². The van der Waals surface area contributed by atoms with Gasteiger partial charge in [0.15, 0.2) is 0 Å². The summed E-state index contributed by atoms with van der Waals surface area (Å²) in [5.41, 5.74) is 0.622. The second-order valence-corrected chi connectivity index (χ2v) is 4.66. The maximum absolute atomic E-state index is 11.0. The van der Waals surface area contributed by atoms with Crippen molar-refractivity contribution in [2.45, 2.75) is 26.3 Å². The lowest BCUT2D eigenvalue weighted by atomic mass is 10.2. The Balaban J connectivity index is 2.20. The molecule has 21 heavy (non-hydrogen) atoms. The van der Waals surface area contributed by atoms with Crippen molar-refractivity contribution in [3.63, 3.8) is 0 Å². The van der Waals surface area contributed by atoms with Crippen molar-refractivity contribution in [3.8, 4) is 5.75 Å². The minimum Gasteiger partial charge on any atom is -0.493 e. The number of non-ortho nitro benzene ring substituents is 1. The van der Waals surface area contributed by atoms with Gasteiger partial charge in [-0.1, -0.05) is 6.92 Å². The fourth-order valence-corrected chi connectivity index (χ4v) is 1.91. The lowest BCUT2D eigenvalue weighted by molar-refractivity contribution is -0.384. The molecule has 0 saturated carbocycles. The van der Waals surface area contributed by atoms with Crippen molar-refractivity contribution < 1.29 is 9.66 Å². The van der Waals surface area contributed by atoms with Crippen LogP contribution in [0.4, 0.5) is 11.4 Å². The Morgan fingerprint density at radius 3 is 2.90 bits per heavy atom. The third-order valence-corrected chi connectivity index (χ3v) is 2.89. The largest absolute Gasteiger partial charge is 0.493 e. The zero-order valence-electron chi connectivity index (χ0n) is 12.0. The van der Waals surface area contributed by atoms with Crippen molar-refractivity contribution in [3.05, 3.63) is 46.5 Å². The molecule has 0 aliphatic carbocycles. The average Bonchev–Trinajstić information content (AvgIpc) is 2.99. The van der Waals surface area contributed by atoms with Gasteiger partial charge in [-0.25, -0.2) is 4.98 Å². The molecule has 1 atom stereocenters. The van der Waals surface area contributed by atoms with Gasteiger partial charge in [0.25, 0.3) is 5.69 Å². The highest BCUT2D eigenvalue weighted by Crippen LogP contribution is 2.28. The molecule has 2 rings (SSSR count). The van der Waals surface area contributed by atoms with Gasteiger partial charge in [0.2, 0.25) is 0 Å². The third kappa shape index (κ3) is 3.95. The van der Waals surface area contributed by atoms with Crippen LogP contribution in [0.15, 0.2) is 30.6 Å². The number of H-pyrrole nitrogens is 1. The quantitative estimate of drug-likeness (QED) is 0.603. The van der Waals surface area contributed by atoms with E-state index in [1.807, 2.05) is 13.8 Å². The first-order valence-corrected chi connectivity index (χ1v) is 6.78. The second-order valence-electron chi connectivity index (χ2n) is 4.66. The summed E-state index contributed by atoms with van der Waals surface area (Å²) in [6, 6.07) is 4.57. The minimum absolute atomic E-state index is 0.00209. The number of anilines is 1. The number of nitrogens with zero attached hydrogens (tertiary/aromatic N) is 2. The summed E-state index contributed by atoms with van der Waals surface area (Å²) >= 11 is 0. The van der Waals surface area contributed by atoms with Crippen LogP contribution in [-0.4, -0.2) is 21.5 Å². The second kappa shape index (κ2) is 6.74. The highest BCUT2D eigenvalue weighted by atomic mass is 16.6. The molecule has 1 heterocycles. The number of nitro groups is 1. The molecule has 0 spiro atoms. The fraction of sp³-hybridized carbons (Fsp3) is 0.357. The smallest absolute Gasteiger partial charge is 0.275 e. The van der Waals surface area contributed by atoms with Gasteiger partial charge >= 0.3 is 0 Å². The summed E-state index contributed by atoms with van der Waals surface area (Å²) in [6.07, 6.45) is 4.24. The third-order valence-electron chi connectivity index (χ3n) is 2.89. The van der Waals surface area contributed by atoms with Crippen molar-refractivity contribution in [2.24, 2.45) is 0 Å². The number of rotatable bonds is 7. The van der Waals surface area contributed by atoms with Crippen molar-refractivity contribution >= 4 is 11.4 Å². The monoisotopic (exact) mass is 290 g/mol. The van der Waals surface area contributed by atoms with Gasteiger partial charge in [-0.05, 0) is 13.3 Å². The van der Waals surface area contributed by atoms with Crippen LogP contribution in [0.25, 0.3) is 0 Å². The Kier molecular flexibility index (Phi) is 4.76. The molecule has 0 saturated heterocycles. The summed E-state index contributed by atoms with van der Waals surface area (Å²) in [7, 11) is 0. The standard InChI is InChI=1S/C14H18N4O3/c1-3-6-21-13-8-11(7-12(9-13)18(19)20)17-10(2)14-15-4-5-16-14/h4-5,7-10,17H,3,6H2,1-2H3,(H,15,16). The molecular weight excluding hydrogens is 272 g/mol. The topological polar surface area (TPSA) is 93.1 Å². The van der Waals surface area contributed by atoms with Crippen LogP contribution in [-0.2, 0) is 0 Å². The van der Waals surface area contributed by atoms with Crippen LogP contribution in [0.3, 0.4) is 0 Å². The lowest BCUT2D eigenvalue weighted by Crippen LogP contribution is -2.09. The van der Waals surface area contributed by atoms with Crippen LogP contribution in [0.2, 0.25) is 0 Å². The summed E-state index contributed by atoms with van der Waals surface area (Å²) in [4.78, 5) is 17.7. The van der Waals surface area contributed by atoms with E-state index in [4.69, 9.17) is 4.74 Å². The molecule has 0 bridgehead atoms. The molecule has 112 valence electrons. The SMILES string of the molecule is CCCOc1cc(NC(C)c2ncc[nH]2)cc([N+](=O)[O-])c1. The van der Waals surface area contributed by atoms with E-state index in [-0.39, 0.29) is 11.7 Å². The molecule has 0 amide bonds. The molecule has 0 radical (unpaired) electrons. The molecule has 2 N–H and O–H groups in total. The first-order valence-electron chi connectivity index (χ1n) is 6.78. The number of nitrogens with one attached hydrogen (secondary N) is 2. The summed E-state index contributed by atoms with van der Waals surface area (Å²) in [5, 5.41) is 14.2. The van der Waals surface area contributed by atoms with E-state index < -0.39 is 4.92 Å². The highest BCUT2D eigenvalue weighted by Gasteiger charge is 2.13. The summed E-state index contributed by atoms with van der Waals surface area (Å²) in [5.74, 6) is 1.25. The van der Waals surface area contributed by atoms with Crippen molar-refractivity contribution in [2.75, 3.05) is 11.9 Å². The maximum Gasteiger partial charge on any atom is 0.275 e. The van der Waals surface area contributed by atoms with Crippen molar-refractivity contribution in [1.82, 2.24) is 9.97 Å². The number of hydrogen-bond donors (Lipinski definition) is 2. The van der Waals surface area contributed by atoms with Crippen molar-refractivity contribution in [1.29, 1.82) is 0 Å². The van der Waals surface area contributed by atoms with Gasteiger partial charge in [-0.3, -0.25) is 10.1 Å². The molecule has 1 aromatic heterocycles. The average molecular weight is 290 g/mol. The predicted octanol–water partition coefficient (Wildman–Crippen LogP) is 3.28. The van der Waals surface area contributed by atoms with Crippen LogP contribution < -0.4 is 10.1 Å². The molecule has 2 aromatic rings. The van der Waals surface area contributed by atoms with E-state index in [0.29, 0.717) is 18.0 Å². The normalized spacial score (nSPS) is 11.9. The van der Waals surface area contributed by atoms with E-state index in [1.165, 1.54) is 12.1 Å². The number of ether oxygens (including phenoxy) is 1. The number of nitro benzene ring substituents is 1. The summed E-state index contributed by atoms with van der Waals surface area (Å²) in [6.45, 7) is 4.42. The molecule has 7 heteroatoms. The molecule has 0 fully saturated rings. The molecule has 1 aromatic carbocycles. The van der Waals surface area contributed by atoms with E-state index >= 15 is 0 Å². The summed E-state index contributed by atoms with van der Waals surface area (Å²) < 4.78 is 5.49. The number of hydrogen-bond acceptors (Lipinski definition) is 5. The number of benzene rings is 1.